The van der Waals surface area contributed by atoms with Crippen molar-refractivity contribution in [3.8, 4) is 0 Å². The number of aryl methyl sites for hydroxylation is 1. The first-order chi connectivity index (χ1) is 6.97. The second-order valence-corrected chi connectivity index (χ2v) is 5.03. The van der Waals surface area contributed by atoms with E-state index in [0.717, 1.165) is 9.88 Å². The first-order valence-electron chi connectivity index (χ1n) is 4.86. The van der Waals surface area contributed by atoms with E-state index < -0.39 is 0 Å². The first-order valence-corrected chi connectivity index (χ1v) is 5.67. The molecular formula is C10H17ClN2O2S. The van der Waals surface area contributed by atoms with Gasteiger partial charge in [0.2, 0.25) is 0 Å². The number of halogens is 1. The van der Waals surface area contributed by atoms with Crippen LogP contribution < -0.4 is 18.1 Å². The Labute approximate surface area is 106 Å². The molecule has 1 atom stereocenters. The maximum absolute atomic E-state index is 11.3. The molecule has 6 heteroatoms. The van der Waals surface area contributed by atoms with Crippen LogP contribution in [0.2, 0.25) is 0 Å². The third-order valence-corrected chi connectivity index (χ3v) is 3.42. The zero-order valence-electron chi connectivity index (χ0n) is 9.91. The highest BCUT2D eigenvalue weighted by Gasteiger charge is 2.23. The van der Waals surface area contributed by atoms with Crippen molar-refractivity contribution in [2.75, 3.05) is 7.11 Å². The van der Waals surface area contributed by atoms with Crippen LogP contribution in [0.5, 0.6) is 0 Å². The van der Waals surface area contributed by atoms with Crippen molar-refractivity contribution in [2.24, 2.45) is 5.92 Å². The Balaban J connectivity index is 0.00000225. The molecule has 0 fully saturated rings. The molecule has 4 nitrogen and oxygen atoms in total. The van der Waals surface area contributed by atoms with Gasteiger partial charge in [0.05, 0.1) is 7.11 Å². The van der Waals surface area contributed by atoms with E-state index in [9.17, 15) is 4.79 Å². The molecule has 1 heterocycles. The van der Waals surface area contributed by atoms with E-state index in [1.807, 2.05) is 6.92 Å². The molecule has 1 aromatic heterocycles. The highest BCUT2D eigenvalue weighted by atomic mass is 35.5. The van der Waals surface area contributed by atoms with Crippen molar-refractivity contribution >= 4 is 17.3 Å². The van der Waals surface area contributed by atoms with Crippen molar-refractivity contribution < 1.29 is 27.7 Å². The summed E-state index contributed by atoms with van der Waals surface area (Å²) in [6.45, 7) is 6.05. The van der Waals surface area contributed by atoms with Crippen LogP contribution in [-0.2, 0) is 4.74 Å². The lowest BCUT2D eigenvalue weighted by atomic mass is 10.1. The van der Waals surface area contributed by atoms with Gasteiger partial charge in [-0.1, -0.05) is 13.8 Å². The summed E-state index contributed by atoms with van der Waals surface area (Å²) in [6, 6.07) is 0.132. The fourth-order valence-corrected chi connectivity index (χ4v) is 2.25. The van der Waals surface area contributed by atoms with Gasteiger partial charge in [0.15, 0.2) is 10.7 Å². The predicted molar refractivity (Wildman–Crippen MR) is 58.7 cm³/mol. The van der Waals surface area contributed by atoms with Crippen LogP contribution in [0.1, 0.15) is 40.3 Å². The Kier molecular flexibility index (Phi) is 5.92. The quantitative estimate of drug-likeness (QED) is 0.654. The van der Waals surface area contributed by atoms with Crippen LogP contribution in [0.3, 0.4) is 0 Å². The fourth-order valence-electron chi connectivity index (χ4n) is 1.15. The second-order valence-electron chi connectivity index (χ2n) is 3.80. The summed E-state index contributed by atoms with van der Waals surface area (Å²) in [5.74, 6) is 0.0482. The van der Waals surface area contributed by atoms with Gasteiger partial charge in [-0.2, -0.15) is 0 Å². The van der Waals surface area contributed by atoms with Gasteiger partial charge in [-0.05, 0) is 6.92 Å². The molecule has 0 radical (unpaired) electrons. The number of aromatic nitrogens is 1. The average Bonchev–Trinajstić information content (AvgIpc) is 2.57. The van der Waals surface area contributed by atoms with Crippen molar-refractivity contribution in [1.29, 1.82) is 0 Å². The van der Waals surface area contributed by atoms with Gasteiger partial charge in [0, 0.05) is 10.8 Å². The van der Waals surface area contributed by atoms with Crippen LogP contribution in [-0.4, -0.2) is 18.1 Å². The Morgan fingerprint density at radius 1 is 1.50 bits per heavy atom. The van der Waals surface area contributed by atoms with E-state index in [1.165, 1.54) is 18.4 Å². The molecule has 0 amide bonds. The van der Waals surface area contributed by atoms with Gasteiger partial charge in [-0.15, -0.1) is 11.3 Å². The number of quaternary nitrogens is 1. The molecule has 0 bridgehead atoms. The standard InChI is InChI=1S/C10H16N2O2S.ClH/c1-5(2)7(11)9-12-8(6(3)15-9)10(13)14-4;/h5,7H,11H2,1-4H3;1H/t7-;/m0./s1. The summed E-state index contributed by atoms with van der Waals surface area (Å²) < 4.78 is 4.66. The maximum Gasteiger partial charge on any atom is 0.357 e. The number of hydrogen-bond donors (Lipinski definition) is 1. The Morgan fingerprint density at radius 3 is 2.50 bits per heavy atom. The molecule has 0 spiro atoms. The third-order valence-electron chi connectivity index (χ3n) is 2.31. The monoisotopic (exact) mass is 264 g/mol. The summed E-state index contributed by atoms with van der Waals surface area (Å²) in [4.78, 5) is 16.5. The largest absolute Gasteiger partial charge is 1.00 e. The number of ether oxygens (including phenoxy) is 1. The molecule has 16 heavy (non-hydrogen) atoms. The van der Waals surface area contributed by atoms with E-state index in [2.05, 4.69) is 29.3 Å². The SMILES string of the molecule is COC(=O)c1nc([C@@H]([NH3+])C(C)C)sc1C.[Cl-]. The number of hydrogen-bond acceptors (Lipinski definition) is 4. The van der Waals surface area contributed by atoms with Crippen LogP contribution in [0, 0.1) is 12.8 Å². The molecule has 92 valence electrons. The molecule has 1 rings (SSSR count). The molecular weight excluding hydrogens is 248 g/mol. The summed E-state index contributed by atoms with van der Waals surface area (Å²) >= 11 is 1.52. The number of methoxy groups -OCH3 is 1. The van der Waals surface area contributed by atoms with Crippen molar-refractivity contribution in [2.45, 2.75) is 26.8 Å². The summed E-state index contributed by atoms with van der Waals surface area (Å²) in [5, 5.41) is 0.905. The van der Waals surface area contributed by atoms with Gasteiger partial charge in [-0.3, -0.25) is 0 Å². The summed E-state index contributed by atoms with van der Waals surface area (Å²) in [7, 11) is 1.37. The highest BCUT2D eigenvalue weighted by Crippen LogP contribution is 2.25. The van der Waals surface area contributed by atoms with Gasteiger partial charge >= 0.3 is 5.97 Å². The predicted octanol–water partition coefficient (Wildman–Crippen LogP) is -1.82. The fraction of sp³-hybridized carbons (Fsp3) is 0.600. The summed E-state index contributed by atoms with van der Waals surface area (Å²) in [5.41, 5.74) is 4.47. The average molecular weight is 265 g/mol. The van der Waals surface area contributed by atoms with E-state index in [4.69, 9.17) is 0 Å². The molecule has 0 aliphatic rings. The van der Waals surface area contributed by atoms with Gasteiger partial charge in [0.25, 0.3) is 0 Å². The number of nitrogens with zero attached hydrogens (tertiary/aromatic N) is 1. The molecule has 0 saturated carbocycles. The number of rotatable bonds is 3. The number of thiazole rings is 1. The molecule has 0 aliphatic heterocycles. The number of carbonyl (C=O) groups excluding carboxylic acids is 1. The molecule has 0 aliphatic carbocycles. The first kappa shape index (κ1) is 15.3. The number of carbonyl (C=O) groups is 1. The third kappa shape index (κ3) is 3.17. The maximum atomic E-state index is 11.3. The zero-order valence-corrected chi connectivity index (χ0v) is 11.5. The molecule has 0 aromatic carbocycles. The molecule has 1 aromatic rings. The number of esters is 1. The van der Waals surface area contributed by atoms with E-state index in [0.29, 0.717) is 11.6 Å². The lowest BCUT2D eigenvalue weighted by Crippen LogP contribution is -3.00. The van der Waals surface area contributed by atoms with Crippen LogP contribution in [0.4, 0.5) is 0 Å². The van der Waals surface area contributed by atoms with E-state index >= 15 is 0 Å². The van der Waals surface area contributed by atoms with Gasteiger partial charge in [-0.25, -0.2) is 9.78 Å². The minimum atomic E-state index is -0.369. The smallest absolute Gasteiger partial charge is 0.357 e. The Hall–Kier alpha value is -0.650. The minimum absolute atomic E-state index is 0. The normalized spacial score (nSPS) is 12.1. The second kappa shape index (κ2) is 6.18. The van der Waals surface area contributed by atoms with Crippen molar-refractivity contribution in [3.63, 3.8) is 0 Å². The molecule has 0 saturated heterocycles. The highest BCUT2D eigenvalue weighted by molar-refractivity contribution is 7.11. The van der Waals surface area contributed by atoms with Crippen molar-refractivity contribution in [1.82, 2.24) is 4.98 Å². The summed E-state index contributed by atoms with van der Waals surface area (Å²) in [6.07, 6.45) is 0. The Bertz CT molecular complexity index is 366. The van der Waals surface area contributed by atoms with Gasteiger partial charge < -0.3 is 22.9 Å². The van der Waals surface area contributed by atoms with Gasteiger partial charge in [0.1, 0.15) is 6.04 Å². The van der Waals surface area contributed by atoms with Crippen LogP contribution >= 0.6 is 11.3 Å². The minimum Gasteiger partial charge on any atom is -1.00 e. The zero-order chi connectivity index (χ0) is 11.6. The van der Waals surface area contributed by atoms with E-state index in [1.54, 1.807) is 0 Å². The lowest BCUT2D eigenvalue weighted by molar-refractivity contribution is -0.437. The topological polar surface area (TPSA) is 66.8 Å². The molecule has 0 unspecified atom stereocenters. The Morgan fingerprint density at radius 2 is 2.06 bits per heavy atom. The van der Waals surface area contributed by atoms with Crippen LogP contribution in [0.15, 0.2) is 0 Å². The van der Waals surface area contributed by atoms with E-state index in [-0.39, 0.29) is 24.4 Å². The lowest BCUT2D eigenvalue weighted by Gasteiger charge is -2.07. The van der Waals surface area contributed by atoms with Crippen molar-refractivity contribution in [3.05, 3.63) is 15.6 Å². The molecule has 3 N–H and O–H groups in total. The van der Waals surface area contributed by atoms with Crippen LogP contribution in [0.25, 0.3) is 0 Å².